The summed E-state index contributed by atoms with van der Waals surface area (Å²) in [6.07, 6.45) is 2.58. The standard InChI is InChI=1S/C19H18N6O4S2/c26-25(27)16-12-13(31(28,29)23-10-4-1-5-11-23)8-9-17(16)30-19-22-21-18-20-14-6-2-3-7-15(14)24(18)19/h2-3,6-9,12H,1,4-5,10-11H2,(H,20,21). The monoisotopic (exact) mass is 458 g/mol. The van der Waals surface area contributed by atoms with Gasteiger partial charge in [-0.2, -0.15) is 4.31 Å². The number of nitrogens with one attached hydrogen (secondary N) is 1. The fourth-order valence-electron chi connectivity index (χ4n) is 3.75. The molecule has 0 bridgehead atoms. The number of aromatic amines is 1. The molecule has 0 amide bonds. The molecule has 0 radical (unpaired) electrons. The second kappa shape index (κ2) is 7.62. The van der Waals surface area contributed by atoms with Gasteiger partial charge >= 0.3 is 0 Å². The summed E-state index contributed by atoms with van der Waals surface area (Å²) < 4.78 is 29.1. The molecule has 1 aliphatic heterocycles. The lowest BCUT2D eigenvalue weighted by Gasteiger charge is -2.25. The predicted octanol–water partition coefficient (Wildman–Crippen LogP) is 3.44. The predicted molar refractivity (Wildman–Crippen MR) is 115 cm³/mol. The Morgan fingerprint density at radius 3 is 2.65 bits per heavy atom. The van der Waals surface area contributed by atoms with Crippen molar-refractivity contribution >= 4 is 44.3 Å². The molecule has 12 heteroatoms. The van der Waals surface area contributed by atoms with Crippen molar-refractivity contribution in [3.8, 4) is 0 Å². The maximum atomic E-state index is 12.9. The minimum atomic E-state index is -3.77. The Morgan fingerprint density at radius 2 is 1.87 bits per heavy atom. The van der Waals surface area contributed by atoms with Crippen LogP contribution in [0.1, 0.15) is 19.3 Å². The maximum Gasteiger partial charge on any atom is 0.284 e. The summed E-state index contributed by atoms with van der Waals surface area (Å²) in [7, 11) is -3.77. The zero-order valence-electron chi connectivity index (χ0n) is 16.3. The molecule has 2 aromatic heterocycles. The van der Waals surface area contributed by atoms with Gasteiger partial charge in [0, 0.05) is 19.2 Å². The number of nitro benzene ring substituents is 1. The van der Waals surface area contributed by atoms with Crippen LogP contribution in [0.25, 0.3) is 16.8 Å². The summed E-state index contributed by atoms with van der Waals surface area (Å²) >= 11 is 1.08. The molecule has 2 aromatic carbocycles. The molecule has 0 unspecified atom stereocenters. The molecule has 10 nitrogen and oxygen atoms in total. The van der Waals surface area contributed by atoms with E-state index in [-0.39, 0.29) is 10.6 Å². The molecule has 4 aromatic rings. The highest BCUT2D eigenvalue weighted by Crippen LogP contribution is 2.37. The van der Waals surface area contributed by atoms with Crippen molar-refractivity contribution in [1.82, 2.24) is 23.9 Å². The highest BCUT2D eigenvalue weighted by atomic mass is 32.2. The van der Waals surface area contributed by atoms with E-state index in [4.69, 9.17) is 0 Å². The number of hydrogen-bond donors (Lipinski definition) is 1. The number of sulfonamides is 1. The van der Waals surface area contributed by atoms with Gasteiger partial charge < -0.3 is 0 Å². The van der Waals surface area contributed by atoms with Crippen LogP contribution < -0.4 is 0 Å². The fourth-order valence-corrected chi connectivity index (χ4v) is 6.23. The molecule has 1 fully saturated rings. The van der Waals surface area contributed by atoms with E-state index in [1.54, 1.807) is 4.40 Å². The maximum absolute atomic E-state index is 12.9. The van der Waals surface area contributed by atoms with E-state index in [1.807, 2.05) is 24.3 Å². The SMILES string of the molecule is O=[N+]([O-])c1cc(S(=O)(=O)N2CCCCC2)ccc1Sc1n[nH]c2nc3ccccc3n12. The van der Waals surface area contributed by atoms with E-state index in [0.29, 0.717) is 28.9 Å². The minimum absolute atomic E-state index is 0.0642. The average molecular weight is 459 g/mol. The number of fused-ring (bicyclic) bond motifs is 3. The van der Waals surface area contributed by atoms with Gasteiger partial charge in [0.15, 0.2) is 5.16 Å². The molecule has 160 valence electrons. The third-order valence-electron chi connectivity index (χ3n) is 5.28. The lowest BCUT2D eigenvalue weighted by molar-refractivity contribution is -0.388. The number of piperidine rings is 1. The molecular formula is C19H18N6O4S2. The summed E-state index contributed by atoms with van der Waals surface area (Å²) in [6, 6.07) is 11.5. The highest BCUT2D eigenvalue weighted by Gasteiger charge is 2.29. The van der Waals surface area contributed by atoms with Crippen molar-refractivity contribution in [3.63, 3.8) is 0 Å². The van der Waals surface area contributed by atoms with Crippen molar-refractivity contribution in [2.45, 2.75) is 34.2 Å². The van der Waals surface area contributed by atoms with Crippen molar-refractivity contribution in [2.24, 2.45) is 0 Å². The summed E-state index contributed by atoms with van der Waals surface area (Å²) in [5.41, 5.74) is 1.32. The zero-order chi connectivity index (χ0) is 21.6. The summed E-state index contributed by atoms with van der Waals surface area (Å²) in [5.74, 6) is 0.524. The van der Waals surface area contributed by atoms with Gasteiger partial charge in [-0.1, -0.05) is 18.6 Å². The third-order valence-corrected chi connectivity index (χ3v) is 8.20. The fraction of sp³-hybridized carbons (Fsp3) is 0.263. The van der Waals surface area contributed by atoms with Crippen LogP contribution >= 0.6 is 11.8 Å². The van der Waals surface area contributed by atoms with Gasteiger partial charge in [-0.05, 0) is 48.9 Å². The van der Waals surface area contributed by atoms with E-state index < -0.39 is 14.9 Å². The van der Waals surface area contributed by atoms with E-state index >= 15 is 0 Å². The number of imidazole rings is 1. The molecule has 1 aliphatic rings. The molecular weight excluding hydrogens is 440 g/mol. The topological polar surface area (TPSA) is 126 Å². The Hall–Kier alpha value is -2.96. The number of para-hydroxylation sites is 2. The van der Waals surface area contributed by atoms with Crippen LogP contribution in [0.5, 0.6) is 0 Å². The Balaban J connectivity index is 1.54. The first-order valence-electron chi connectivity index (χ1n) is 9.73. The molecule has 3 heterocycles. The van der Waals surface area contributed by atoms with E-state index in [9.17, 15) is 18.5 Å². The molecule has 0 spiro atoms. The van der Waals surface area contributed by atoms with Gasteiger partial charge in [-0.3, -0.25) is 14.5 Å². The van der Waals surface area contributed by atoms with Crippen molar-refractivity contribution in [1.29, 1.82) is 0 Å². The van der Waals surface area contributed by atoms with Crippen LogP contribution in [0.2, 0.25) is 0 Å². The number of hydrogen-bond acceptors (Lipinski definition) is 7. The molecule has 1 N–H and O–H groups in total. The van der Waals surface area contributed by atoms with Gasteiger partial charge in [-0.25, -0.2) is 18.5 Å². The Morgan fingerprint density at radius 1 is 1.10 bits per heavy atom. The van der Waals surface area contributed by atoms with Gasteiger partial charge in [-0.15, -0.1) is 5.10 Å². The Bertz CT molecular complexity index is 1410. The smallest absolute Gasteiger partial charge is 0.258 e. The zero-order valence-corrected chi connectivity index (χ0v) is 17.9. The number of aromatic nitrogens is 4. The number of rotatable bonds is 5. The molecule has 31 heavy (non-hydrogen) atoms. The van der Waals surface area contributed by atoms with E-state index in [1.165, 1.54) is 16.4 Å². The normalized spacial score (nSPS) is 15.6. The second-order valence-electron chi connectivity index (χ2n) is 7.22. The highest BCUT2D eigenvalue weighted by molar-refractivity contribution is 7.99. The number of nitrogens with zero attached hydrogens (tertiary/aromatic N) is 5. The van der Waals surface area contributed by atoms with E-state index in [0.717, 1.165) is 48.1 Å². The molecule has 0 atom stereocenters. The first kappa shape index (κ1) is 20.0. The lowest BCUT2D eigenvalue weighted by Crippen LogP contribution is -2.35. The van der Waals surface area contributed by atoms with Crippen LogP contribution in [0.4, 0.5) is 5.69 Å². The lowest BCUT2D eigenvalue weighted by atomic mass is 10.2. The van der Waals surface area contributed by atoms with Crippen LogP contribution in [-0.4, -0.2) is 50.3 Å². The minimum Gasteiger partial charge on any atom is -0.258 e. The quantitative estimate of drug-likeness (QED) is 0.358. The van der Waals surface area contributed by atoms with Gasteiger partial charge in [0.25, 0.3) is 5.69 Å². The molecule has 0 aliphatic carbocycles. The average Bonchev–Trinajstić information content (AvgIpc) is 3.34. The van der Waals surface area contributed by atoms with Crippen LogP contribution in [0, 0.1) is 10.1 Å². The van der Waals surface area contributed by atoms with Crippen molar-refractivity contribution in [3.05, 3.63) is 52.6 Å². The molecule has 5 rings (SSSR count). The number of benzene rings is 2. The summed E-state index contributed by atoms with van der Waals surface area (Å²) in [5, 5.41) is 19.3. The number of nitro groups is 1. The van der Waals surface area contributed by atoms with Crippen molar-refractivity contribution in [2.75, 3.05) is 13.1 Å². The van der Waals surface area contributed by atoms with Gasteiger partial charge in [0.2, 0.25) is 15.8 Å². The van der Waals surface area contributed by atoms with Crippen LogP contribution in [-0.2, 0) is 10.0 Å². The van der Waals surface area contributed by atoms with Gasteiger partial charge in [0.1, 0.15) is 0 Å². The van der Waals surface area contributed by atoms with E-state index in [2.05, 4.69) is 15.2 Å². The summed E-state index contributed by atoms with van der Waals surface area (Å²) in [6.45, 7) is 0.872. The number of H-pyrrole nitrogens is 1. The van der Waals surface area contributed by atoms with Crippen LogP contribution in [0.3, 0.4) is 0 Å². The Kier molecular flexibility index (Phi) is 4.91. The molecule has 1 saturated heterocycles. The third kappa shape index (κ3) is 3.46. The first-order valence-corrected chi connectivity index (χ1v) is 12.0. The second-order valence-corrected chi connectivity index (χ2v) is 10.2. The summed E-state index contributed by atoms with van der Waals surface area (Å²) in [4.78, 5) is 15.9. The Labute approximate surface area is 181 Å². The molecule has 0 saturated carbocycles. The van der Waals surface area contributed by atoms with Crippen LogP contribution in [0.15, 0.2) is 57.4 Å². The van der Waals surface area contributed by atoms with Gasteiger partial charge in [0.05, 0.1) is 25.7 Å². The first-order chi connectivity index (χ1) is 14.9. The largest absolute Gasteiger partial charge is 0.284 e. The van der Waals surface area contributed by atoms with Crippen molar-refractivity contribution < 1.29 is 13.3 Å².